The molecule has 0 aromatic heterocycles. The van der Waals surface area contributed by atoms with Crippen LogP contribution in [-0.2, 0) is 20.9 Å². The fourth-order valence-corrected chi connectivity index (χ4v) is 1.87. The van der Waals surface area contributed by atoms with Crippen molar-refractivity contribution in [3.8, 4) is 6.07 Å². The lowest BCUT2D eigenvalue weighted by Gasteiger charge is -2.05. The van der Waals surface area contributed by atoms with Gasteiger partial charge >= 0.3 is 5.97 Å². The van der Waals surface area contributed by atoms with E-state index < -0.39 is 5.97 Å². The van der Waals surface area contributed by atoms with Crippen molar-refractivity contribution in [2.75, 3.05) is 6.61 Å². The van der Waals surface area contributed by atoms with Crippen molar-refractivity contribution in [1.29, 1.82) is 5.26 Å². The first-order valence-corrected chi connectivity index (χ1v) is 7.33. The lowest BCUT2D eigenvalue weighted by Crippen LogP contribution is -2.28. The third kappa shape index (κ3) is 5.78. The minimum absolute atomic E-state index is 0.330. The highest BCUT2D eigenvalue weighted by atomic mass is 16.5. The molecule has 0 bridgehead atoms. The van der Waals surface area contributed by atoms with E-state index in [1.807, 2.05) is 36.4 Å². The van der Waals surface area contributed by atoms with Gasteiger partial charge < -0.3 is 10.1 Å². The molecule has 0 heterocycles. The van der Waals surface area contributed by atoms with Crippen LogP contribution in [0.25, 0.3) is 6.08 Å². The van der Waals surface area contributed by atoms with Gasteiger partial charge in [-0.05, 0) is 29.3 Å². The Kier molecular flexibility index (Phi) is 6.30. The van der Waals surface area contributed by atoms with E-state index in [0.29, 0.717) is 12.1 Å². The van der Waals surface area contributed by atoms with Crippen LogP contribution in [0, 0.1) is 11.3 Å². The van der Waals surface area contributed by atoms with Gasteiger partial charge in [-0.1, -0.05) is 42.5 Å². The number of carbonyl (C=O) groups is 2. The van der Waals surface area contributed by atoms with Crippen LogP contribution in [0.15, 0.2) is 60.7 Å². The zero-order valence-electron chi connectivity index (χ0n) is 12.9. The Balaban J connectivity index is 1.72. The van der Waals surface area contributed by atoms with Crippen molar-refractivity contribution in [3.63, 3.8) is 0 Å². The molecule has 1 N–H and O–H groups in total. The number of amides is 1. The molecular weight excluding hydrogens is 304 g/mol. The van der Waals surface area contributed by atoms with E-state index in [2.05, 4.69) is 5.32 Å². The molecule has 0 spiro atoms. The van der Waals surface area contributed by atoms with E-state index in [4.69, 9.17) is 10.00 Å². The van der Waals surface area contributed by atoms with Crippen molar-refractivity contribution in [2.45, 2.75) is 6.54 Å². The van der Waals surface area contributed by atoms with Gasteiger partial charge in [0.05, 0.1) is 11.6 Å². The fraction of sp³-hybridized carbons (Fsp3) is 0.105. The minimum Gasteiger partial charge on any atom is -0.452 e. The number of benzene rings is 2. The second-order valence-corrected chi connectivity index (χ2v) is 4.94. The molecule has 0 atom stereocenters. The standard InChI is InChI=1S/C19H16N2O3/c20-12-16-8-6-15(7-9-16)10-11-19(23)24-14-18(22)21-13-17-4-2-1-3-5-17/h1-11H,13-14H2,(H,21,22)/b11-10+. The second kappa shape index (κ2) is 8.91. The van der Waals surface area contributed by atoms with Crippen LogP contribution in [0.2, 0.25) is 0 Å². The summed E-state index contributed by atoms with van der Waals surface area (Å²) in [4.78, 5) is 23.2. The zero-order valence-corrected chi connectivity index (χ0v) is 12.9. The number of hydrogen-bond donors (Lipinski definition) is 1. The van der Waals surface area contributed by atoms with Gasteiger partial charge in [0.1, 0.15) is 0 Å². The van der Waals surface area contributed by atoms with Crippen LogP contribution in [0.4, 0.5) is 0 Å². The van der Waals surface area contributed by atoms with Crippen LogP contribution < -0.4 is 5.32 Å². The average Bonchev–Trinajstić information content (AvgIpc) is 2.64. The summed E-state index contributed by atoms with van der Waals surface area (Å²) in [6.45, 7) is 0.0572. The maximum Gasteiger partial charge on any atom is 0.331 e. The van der Waals surface area contributed by atoms with E-state index >= 15 is 0 Å². The number of carbonyl (C=O) groups excluding carboxylic acids is 2. The molecule has 24 heavy (non-hydrogen) atoms. The number of hydrogen-bond acceptors (Lipinski definition) is 4. The Morgan fingerprint density at radius 1 is 1.08 bits per heavy atom. The number of nitriles is 1. The highest BCUT2D eigenvalue weighted by Gasteiger charge is 2.04. The van der Waals surface area contributed by atoms with Crippen molar-refractivity contribution in [3.05, 3.63) is 77.4 Å². The van der Waals surface area contributed by atoms with Gasteiger partial charge in [0.2, 0.25) is 0 Å². The second-order valence-electron chi connectivity index (χ2n) is 4.94. The Bertz CT molecular complexity index is 759. The molecular formula is C19H16N2O3. The average molecular weight is 320 g/mol. The van der Waals surface area contributed by atoms with Crippen LogP contribution in [-0.4, -0.2) is 18.5 Å². The first kappa shape index (κ1) is 17.0. The summed E-state index contributed by atoms with van der Waals surface area (Å²) in [5.41, 5.74) is 2.28. The van der Waals surface area contributed by atoms with Gasteiger partial charge in [0, 0.05) is 12.6 Å². The summed E-state index contributed by atoms with van der Waals surface area (Å²) in [6, 6.07) is 18.2. The highest BCUT2D eigenvalue weighted by molar-refractivity contribution is 5.89. The van der Waals surface area contributed by atoms with Gasteiger partial charge in [-0.2, -0.15) is 5.26 Å². The Morgan fingerprint density at radius 3 is 2.46 bits per heavy atom. The van der Waals surface area contributed by atoms with Crippen LogP contribution in [0.3, 0.4) is 0 Å². The smallest absolute Gasteiger partial charge is 0.331 e. The molecule has 2 aromatic carbocycles. The van der Waals surface area contributed by atoms with Gasteiger partial charge in [-0.3, -0.25) is 4.79 Å². The first-order valence-electron chi connectivity index (χ1n) is 7.33. The topological polar surface area (TPSA) is 79.2 Å². The monoisotopic (exact) mass is 320 g/mol. The Labute approximate surface area is 140 Å². The summed E-state index contributed by atoms with van der Waals surface area (Å²) >= 11 is 0. The summed E-state index contributed by atoms with van der Waals surface area (Å²) in [5.74, 6) is -0.965. The highest BCUT2D eigenvalue weighted by Crippen LogP contribution is 2.05. The van der Waals surface area contributed by atoms with E-state index in [1.165, 1.54) is 6.08 Å². The Hall–Kier alpha value is -3.39. The van der Waals surface area contributed by atoms with E-state index in [1.54, 1.807) is 30.3 Å². The summed E-state index contributed by atoms with van der Waals surface area (Å²) in [6.07, 6.45) is 2.80. The summed E-state index contributed by atoms with van der Waals surface area (Å²) in [5, 5.41) is 11.4. The predicted molar refractivity (Wildman–Crippen MR) is 89.4 cm³/mol. The van der Waals surface area contributed by atoms with Gasteiger partial charge in [-0.15, -0.1) is 0 Å². The molecule has 2 aromatic rings. The molecule has 0 unspecified atom stereocenters. The first-order chi connectivity index (χ1) is 11.7. The maximum atomic E-state index is 11.6. The molecule has 1 amide bonds. The molecule has 120 valence electrons. The fourth-order valence-electron chi connectivity index (χ4n) is 1.87. The van der Waals surface area contributed by atoms with Gasteiger partial charge in [-0.25, -0.2) is 4.79 Å². The van der Waals surface area contributed by atoms with Crippen molar-refractivity contribution in [2.24, 2.45) is 0 Å². The molecule has 0 aliphatic heterocycles. The van der Waals surface area contributed by atoms with Crippen LogP contribution >= 0.6 is 0 Å². The molecule has 0 aliphatic carbocycles. The lowest BCUT2D eigenvalue weighted by atomic mass is 10.1. The lowest BCUT2D eigenvalue weighted by molar-refractivity contribution is -0.143. The van der Waals surface area contributed by atoms with Crippen molar-refractivity contribution < 1.29 is 14.3 Å². The van der Waals surface area contributed by atoms with Crippen LogP contribution in [0.1, 0.15) is 16.7 Å². The van der Waals surface area contributed by atoms with Crippen molar-refractivity contribution in [1.82, 2.24) is 5.32 Å². The molecule has 0 fully saturated rings. The van der Waals surface area contributed by atoms with E-state index in [9.17, 15) is 9.59 Å². The predicted octanol–water partition coefficient (Wildman–Crippen LogP) is 2.43. The largest absolute Gasteiger partial charge is 0.452 e. The minimum atomic E-state index is -0.603. The molecule has 0 saturated carbocycles. The third-order valence-electron chi connectivity index (χ3n) is 3.13. The summed E-state index contributed by atoms with van der Waals surface area (Å²) in [7, 11) is 0. The van der Waals surface area contributed by atoms with Crippen LogP contribution in [0.5, 0.6) is 0 Å². The molecule has 5 nitrogen and oxygen atoms in total. The quantitative estimate of drug-likeness (QED) is 0.655. The Morgan fingerprint density at radius 2 is 1.79 bits per heavy atom. The number of nitrogens with one attached hydrogen (secondary N) is 1. The molecule has 5 heteroatoms. The zero-order chi connectivity index (χ0) is 17.2. The molecule has 0 radical (unpaired) electrons. The number of esters is 1. The number of ether oxygens (including phenoxy) is 1. The summed E-state index contributed by atoms with van der Waals surface area (Å²) < 4.78 is 4.87. The van der Waals surface area contributed by atoms with E-state index in [0.717, 1.165) is 11.1 Å². The normalized spacial score (nSPS) is 10.1. The molecule has 2 rings (SSSR count). The van der Waals surface area contributed by atoms with Gasteiger partial charge in [0.15, 0.2) is 6.61 Å². The van der Waals surface area contributed by atoms with Crippen molar-refractivity contribution >= 4 is 18.0 Å². The molecule has 0 saturated heterocycles. The number of nitrogens with zero attached hydrogens (tertiary/aromatic N) is 1. The third-order valence-corrected chi connectivity index (χ3v) is 3.13. The molecule has 0 aliphatic rings. The van der Waals surface area contributed by atoms with Gasteiger partial charge in [0.25, 0.3) is 5.91 Å². The number of rotatable bonds is 6. The maximum absolute atomic E-state index is 11.6. The SMILES string of the molecule is N#Cc1ccc(/C=C/C(=O)OCC(=O)NCc2ccccc2)cc1. The van der Waals surface area contributed by atoms with E-state index in [-0.39, 0.29) is 12.5 Å².